The quantitative estimate of drug-likeness (QED) is 0.608. The van der Waals surface area contributed by atoms with E-state index in [1.54, 1.807) is 23.5 Å². The molecule has 0 aromatic rings. The molecule has 2 atom stereocenters. The molecule has 2 radical (unpaired) electrons. The Morgan fingerprint density at radius 2 is 1.25 bits per heavy atom. The Hall–Kier alpha value is 0.620. The molecule has 0 aliphatic heterocycles. The van der Waals surface area contributed by atoms with Crippen LogP contribution in [0.15, 0.2) is 0 Å². The molecule has 72 valence electrons. The zero-order chi connectivity index (χ0) is 9.40. The molecule has 0 aliphatic carbocycles. The van der Waals surface area contributed by atoms with Crippen molar-refractivity contribution in [3.63, 3.8) is 0 Å². The van der Waals surface area contributed by atoms with Crippen LogP contribution in [0.2, 0.25) is 0 Å². The molecule has 0 rings (SSSR count). The van der Waals surface area contributed by atoms with Crippen molar-refractivity contribution in [1.29, 1.82) is 0 Å². The lowest BCUT2D eigenvalue weighted by Crippen LogP contribution is -2.06. The third kappa shape index (κ3) is 10.6. The van der Waals surface area contributed by atoms with E-state index in [1.165, 1.54) is 0 Å². The Morgan fingerprint density at radius 1 is 0.917 bits per heavy atom. The monoisotopic (exact) mass is 208 g/mol. The number of hydrogen-bond donors (Lipinski definition) is 2. The van der Waals surface area contributed by atoms with Crippen LogP contribution in [0.5, 0.6) is 0 Å². The topological polar surface area (TPSA) is 40.5 Å². The molecule has 0 bridgehead atoms. The van der Waals surface area contributed by atoms with Gasteiger partial charge in [0.15, 0.2) is 0 Å². The lowest BCUT2D eigenvalue weighted by Gasteiger charge is -2.04. The summed E-state index contributed by atoms with van der Waals surface area (Å²) in [5, 5.41) is 17.6. The van der Waals surface area contributed by atoms with Crippen molar-refractivity contribution in [2.45, 2.75) is 12.2 Å². The minimum Gasteiger partial charge on any atom is -0.392 e. The fourth-order valence-electron chi connectivity index (χ4n) is 0.557. The van der Waals surface area contributed by atoms with E-state index in [1.807, 2.05) is 0 Å². The minimum atomic E-state index is -0.460. The fraction of sp³-hybridized carbons (Fsp3) is 0.750. The minimum absolute atomic E-state index is 0.460. The number of thioether (sulfide) groups is 2. The van der Waals surface area contributed by atoms with Gasteiger partial charge in [-0.25, -0.2) is 0 Å². The van der Waals surface area contributed by atoms with Gasteiger partial charge >= 0.3 is 0 Å². The van der Waals surface area contributed by atoms with Gasteiger partial charge in [-0.1, -0.05) is 0 Å². The molecule has 12 heavy (non-hydrogen) atoms. The predicted molar refractivity (Wildman–Crippen MR) is 57.4 cm³/mol. The van der Waals surface area contributed by atoms with Crippen LogP contribution < -0.4 is 0 Å². The second kappa shape index (κ2) is 8.23. The Morgan fingerprint density at radius 3 is 1.50 bits per heavy atom. The number of aliphatic hydroxyl groups excluding tert-OH is 2. The number of aliphatic hydroxyl groups is 2. The fourth-order valence-corrected chi connectivity index (χ4v) is 2.38. The summed E-state index contributed by atoms with van der Waals surface area (Å²) in [6.07, 6.45) is -0.920. The molecule has 2 N–H and O–H groups in total. The SMILES string of the molecule is [CH2]C(O)CSCCSCC([CH2])O. The lowest BCUT2D eigenvalue weighted by molar-refractivity contribution is 0.245. The molecule has 0 aromatic heterocycles. The van der Waals surface area contributed by atoms with Crippen LogP contribution >= 0.6 is 23.5 Å². The van der Waals surface area contributed by atoms with Crippen molar-refractivity contribution in [2.24, 2.45) is 0 Å². The highest BCUT2D eigenvalue weighted by molar-refractivity contribution is 8.02. The van der Waals surface area contributed by atoms with Crippen LogP contribution in [0.4, 0.5) is 0 Å². The largest absolute Gasteiger partial charge is 0.392 e. The van der Waals surface area contributed by atoms with E-state index in [0.29, 0.717) is 11.5 Å². The summed E-state index contributed by atoms with van der Waals surface area (Å²) in [6, 6.07) is 0. The molecular formula is C8H16O2S2. The third-order valence-corrected chi connectivity index (χ3v) is 3.48. The van der Waals surface area contributed by atoms with Gasteiger partial charge in [-0.15, -0.1) is 0 Å². The molecule has 2 nitrogen and oxygen atoms in total. The smallest absolute Gasteiger partial charge is 0.0631 e. The molecule has 0 aromatic carbocycles. The molecule has 0 spiro atoms. The molecule has 0 aliphatic rings. The van der Waals surface area contributed by atoms with Crippen molar-refractivity contribution in [2.75, 3.05) is 23.0 Å². The average molecular weight is 208 g/mol. The van der Waals surface area contributed by atoms with Crippen molar-refractivity contribution in [1.82, 2.24) is 0 Å². The summed E-state index contributed by atoms with van der Waals surface area (Å²) in [7, 11) is 0. The van der Waals surface area contributed by atoms with Crippen LogP contribution in [-0.2, 0) is 0 Å². The van der Waals surface area contributed by atoms with Crippen molar-refractivity contribution in [3.8, 4) is 0 Å². The van der Waals surface area contributed by atoms with Crippen LogP contribution in [0.1, 0.15) is 0 Å². The average Bonchev–Trinajstić information content (AvgIpc) is 1.95. The molecule has 0 heterocycles. The standard InChI is InChI=1S/C8H16O2S2/c1-7(9)5-11-3-4-12-6-8(2)10/h7-10H,1-6H2. The van der Waals surface area contributed by atoms with Crippen molar-refractivity contribution < 1.29 is 10.2 Å². The maximum atomic E-state index is 8.81. The molecule has 0 fully saturated rings. The van der Waals surface area contributed by atoms with Gasteiger partial charge in [0.25, 0.3) is 0 Å². The van der Waals surface area contributed by atoms with Gasteiger partial charge in [0.1, 0.15) is 0 Å². The Kier molecular flexibility index (Phi) is 8.65. The van der Waals surface area contributed by atoms with E-state index in [9.17, 15) is 0 Å². The van der Waals surface area contributed by atoms with E-state index in [2.05, 4.69) is 13.8 Å². The van der Waals surface area contributed by atoms with Gasteiger partial charge in [0.2, 0.25) is 0 Å². The third-order valence-electron chi connectivity index (χ3n) is 0.992. The van der Waals surface area contributed by atoms with Gasteiger partial charge in [0, 0.05) is 23.0 Å². The summed E-state index contributed by atoms with van der Waals surface area (Å²) < 4.78 is 0. The summed E-state index contributed by atoms with van der Waals surface area (Å²) in [4.78, 5) is 0. The maximum Gasteiger partial charge on any atom is 0.0631 e. The first kappa shape index (κ1) is 12.6. The second-order valence-electron chi connectivity index (χ2n) is 2.46. The first-order valence-corrected chi connectivity index (χ1v) is 6.11. The summed E-state index contributed by atoms with van der Waals surface area (Å²) in [5.41, 5.74) is 0. The van der Waals surface area contributed by atoms with Gasteiger partial charge in [-0.05, 0) is 13.8 Å². The molecule has 2 unspecified atom stereocenters. The van der Waals surface area contributed by atoms with Gasteiger partial charge in [0.05, 0.1) is 12.2 Å². The zero-order valence-corrected chi connectivity index (χ0v) is 8.74. The van der Waals surface area contributed by atoms with Crippen molar-refractivity contribution in [3.05, 3.63) is 13.8 Å². The van der Waals surface area contributed by atoms with E-state index >= 15 is 0 Å². The lowest BCUT2D eigenvalue weighted by atomic mass is 10.5. The number of rotatable bonds is 7. The number of hydrogen-bond acceptors (Lipinski definition) is 4. The van der Waals surface area contributed by atoms with E-state index < -0.39 is 12.2 Å². The summed E-state index contributed by atoms with van der Waals surface area (Å²) in [5.74, 6) is 3.36. The maximum absolute atomic E-state index is 8.81. The summed E-state index contributed by atoms with van der Waals surface area (Å²) >= 11 is 3.36. The molecule has 4 heteroatoms. The highest BCUT2D eigenvalue weighted by atomic mass is 32.2. The second-order valence-corrected chi connectivity index (χ2v) is 4.76. The highest BCUT2D eigenvalue weighted by Crippen LogP contribution is 2.08. The first-order chi connectivity index (χ1) is 5.63. The summed E-state index contributed by atoms with van der Waals surface area (Å²) in [6.45, 7) is 6.92. The molecule has 0 saturated heterocycles. The molecule has 0 saturated carbocycles. The van der Waals surface area contributed by atoms with E-state index in [-0.39, 0.29) is 0 Å². The van der Waals surface area contributed by atoms with Crippen molar-refractivity contribution >= 4 is 23.5 Å². The van der Waals surface area contributed by atoms with Crippen LogP contribution in [0.25, 0.3) is 0 Å². The van der Waals surface area contributed by atoms with Gasteiger partial charge in [-0.3, -0.25) is 0 Å². The van der Waals surface area contributed by atoms with Gasteiger partial charge in [-0.2, -0.15) is 23.5 Å². The molecule has 0 amide bonds. The Labute approximate surface area is 83.1 Å². The highest BCUT2D eigenvalue weighted by Gasteiger charge is 1.97. The van der Waals surface area contributed by atoms with E-state index in [4.69, 9.17) is 10.2 Å². The Balaban J connectivity index is 2.91. The normalized spacial score (nSPS) is 16.0. The van der Waals surface area contributed by atoms with E-state index in [0.717, 1.165) is 11.5 Å². The van der Waals surface area contributed by atoms with Crippen LogP contribution in [-0.4, -0.2) is 45.4 Å². The van der Waals surface area contributed by atoms with Gasteiger partial charge < -0.3 is 10.2 Å². The van der Waals surface area contributed by atoms with Crippen LogP contribution in [0, 0.1) is 13.8 Å². The Bertz CT molecular complexity index is 85.1. The first-order valence-electron chi connectivity index (χ1n) is 3.80. The molecular weight excluding hydrogens is 192 g/mol. The predicted octanol–water partition coefficient (Wildman–Crippen LogP) is 0.843. The zero-order valence-electron chi connectivity index (χ0n) is 7.11. The van der Waals surface area contributed by atoms with Crippen LogP contribution in [0.3, 0.4) is 0 Å².